The van der Waals surface area contributed by atoms with Crippen LogP contribution in [0.15, 0.2) is 36.9 Å². The summed E-state index contributed by atoms with van der Waals surface area (Å²) in [6, 6.07) is 3.57. The number of rotatable bonds is 5. The highest BCUT2D eigenvalue weighted by molar-refractivity contribution is 5.54. The number of alkyl halides is 3. The summed E-state index contributed by atoms with van der Waals surface area (Å²) >= 11 is 0. The molecule has 0 amide bonds. The van der Waals surface area contributed by atoms with E-state index in [1.165, 1.54) is 0 Å². The van der Waals surface area contributed by atoms with Gasteiger partial charge < -0.3 is 9.30 Å². The fourth-order valence-corrected chi connectivity index (χ4v) is 1.60. The molecular weight excluding hydrogens is 259 g/mol. The van der Waals surface area contributed by atoms with E-state index in [0.29, 0.717) is 12.4 Å². The second kappa shape index (κ2) is 5.83. The first kappa shape index (κ1) is 13.5. The van der Waals surface area contributed by atoms with Crippen molar-refractivity contribution in [1.82, 2.24) is 14.5 Å². The van der Waals surface area contributed by atoms with Crippen molar-refractivity contribution in [2.45, 2.75) is 12.7 Å². The lowest BCUT2D eigenvalue weighted by Crippen LogP contribution is -2.19. The molecule has 0 aliphatic rings. The predicted molar refractivity (Wildman–Crippen MR) is 62.3 cm³/mol. The van der Waals surface area contributed by atoms with Gasteiger partial charge in [-0.2, -0.15) is 13.2 Å². The van der Waals surface area contributed by atoms with Gasteiger partial charge in [-0.25, -0.2) is 4.98 Å². The molecule has 0 radical (unpaired) electrons. The van der Waals surface area contributed by atoms with Crippen LogP contribution in [0.5, 0.6) is 0 Å². The molecule has 0 spiro atoms. The van der Waals surface area contributed by atoms with Crippen LogP contribution in [0.3, 0.4) is 0 Å². The molecule has 0 unspecified atom stereocenters. The number of nitrogens with zero attached hydrogens (tertiary/aromatic N) is 3. The van der Waals surface area contributed by atoms with Crippen LogP contribution in [-0.4, -0.2) is 33.9 Å². The summed E-state index contributed by atoms with van der Waals surface area (Å²) in [5, 5.41) is 0. The molecular formula is C12H12F3N3O. The van der Waals surface area contributed by atoms with E-state index in [0.717, 1.165) is 5.56 Å². The number of aromatic nitrogens is 3. The Balaban J connectivity index is 1.94. The Bertz CT molecular complexity index is 510. The predicted octanol–water partition coefficient (Wildman–Crippen LogP) is 2.52. The van der Waals surface area contributed by atoms with Crippen molar-refractivity contribution >= 4 is 0 Å². The van der Waals surface area contributed by atoms with Gasteiger partial charge >= 0.3 is 6.18 Å². The minimum Gasteiger partial charge on any atom is -0.370 e. The number of ether oxygens (including phenoxy) is 1. The first-order chi connectivity index (χ1) is 9.06. The topological polar surface area (TPSA) is 39.9 Å². The summed E-state index contributed by atoms with van der Waals surface area (Å²) in [5.74, 6) is 0.679. The van der Waals surface area contributed by atoms with E-state index in [9.17, 15) is 13.2 Å². The SMILES string of the molecule is FC(F)(F)COCCn1ccnc1-c1ccncc1. The Labute approximate surface area is 107 Å². The number of halogens is 3. The van der Waals surface area contributed by atoms with Crippen molar-refractivity contribution in [2.24, 2.45) is 0 Å². The van der Waals surface area contributed by atoms with Crippen LogP contribution in [-0.2, 0) is 11.3 Å². The Morgan fingerprint density at radius 1 is 1.16 bits per heavy atom. The van der Waals surface area contributed by atoms with Gasteiger partial charge in [-0.15, -0.1) is 0 Å². The highest BCUT2D eigenvalue weighted by Gasteiger charge is 2.27. The molecule has 0 aromatic carbocycles. The molecule has 0 saturated heterocycles. The minimum atomic E-state index is -4.29. The van der Waals surface area contributed by atoms with E-state index in [4.69, 9.17) is 0 Å². The van der Waals surface area contributed by atoms with Crippen LogP contribution in [0.25, 0.3) is 11.4 Å². The fraction of sp³-hybridized carbons (Fsp3) is 0.333. The number of hydrogen-bond acceptors (Lipinski definition) is 3. The zero-order valence-corrected chi connectivity index (χ0v) is 9.97. The third-order valence-electron chi connectivity index (χ3n) is 2.40. The van der Waals surface area contributed by atoms with Crippen molar-refractivity contribution in [2.75, 3.05) is 13.2 Å². The zero-order chi connectivity index (χ0) is 13.7. The molecule has 0 bridgehead atoms. The molecule has 0 saturated carbocycles. The van der Waals surface area contributed by atoms with E-state index < -0.39 is 12.8 Å². The number of imidazole rings is 1. The van der Waals surface area contributed by atoms with Crippen LogP contribution in [0.2, 0.25) is 0 Å². The molecule has 0 atom stereocenters. The van der Waals surface area contributed by atoms with Gasteiger partial charge in [0.25, 0.3) is 0 Å². The number of pyridine rings is 1. The van der Waals surface area contributed by atoms with Crippen LogP contribution in [0, 0.1) is 0 Å². The Kier molecular flexibility index (Phi) is 4.16. The van der Waals surface area contributed by atoms with Crippen molar-refractivity contribution in [3.63, 3.8) is 0 Å². The zero-order valence-electron chi connectivity index (χ0n) is 9.97. The molecule has 2 heterocycles. The van der Waals surface area contributed by atoms with Crippen LogP contribution >= 0.6 is 0 Å². The third-order valence-corrected chi connectivity index (χ3v) is 2.40. The third kappa shape index (κ3) is 4.06. The minimum absolute atomic E-state index is 0.0199. The summed E-state index contributed by atoms with van der Waals surface area (Å²) < 4.78 is 42.1. The molecule has 102 valence electrons. The van der Waals surface area contributed by atoms with Gasteiger partial charge in [0.2, 0.25) is 0 Å². The molecule has 2 aromatic rings. The summed E-state index contributed by atoms with van der Waals surface area (Å²) in [6.07, 6.45) is 2.28. The average molecular weight is 271 g/mol. The van der Waals surface area contributed by atoms with Crippen molar-refractivity contribution in [1.29, 1.82) is 0 Å². The molecule has 4 nitrogen and oxygen atoms in total. The van der Waals surface area contributed by atoms with Crippen molar-refractivity contribution in [3.8, 4) is 11.4 Å². The molecule has 0 aliphatic heterocycles. The average Bonchev–Trinajstić information content (AvgIpc) is 2.83. The summed E-state index contributed by atoms with van der Waals surface area (Å²) in [7, 11) is 0. The molecule has 7 heteroatoms. The number of hydrogen-bond donors (Lipinski definition) is 0. The molecule has 2 aromatic heterocycles. The summed E-state index contributed by atoms with van der Waals surface area (Å²) in [5.41, 5.74) is 0.857. The Morgan fingerprint density at radius 2 is 1.89 bits per heavy atom. The monoisotopic (exact) mass is 271 g/mol. The standard InChI is InChI=1S/C12H12F3N3O/c13-12(14,15)9-19-8-7-18-6-5-17-11(18)10-1-3-16-4-2-10/h1-6H,7-9H2. The second-order valence-electron chi connectivity index (χ2n) is 3.85. The fourth-order valence-electron chi connectivity index (χ4n) is 1.60. The van der Waals surface area contributed by atoms with E-state index in [1.807, 2.05) is 0 Å². The van der Waals surface area contributed by atoms with Gasteiger partial charge in [-0.1, -0.05) is 0 Å². The maximum atomic E-state index is 11.9. The van der Waals surface area contributed by atoms with Gasteiger partial charge in [0.15, 0.2) is 0 Å². The lowest BCUT2D eigenvalue weighted by atomic mass is 10.2. The van der Waals surface area contributed by atoms with Gasteiger partial charge in [0.1, 0.15) is 12.4 Å². The van der Waals surface area contributed by atoms with E-state index >= 15 is 0 Å². The smallest absolute Gasteiger partial charge is 0.370 e. The summed E-state index contributed by atoms with van der Waals surface area (Å²) in [4.78, 5) is 8.07. The van der Waals surface area contributed by atoms with Crippen molar-refractivity contribution in [3.05, 3.63) is 36.9 Å². The van der Waals surface area contributed by atoms with Crippen LogP contribution < -0.4 is 0 Å². The molecule has 0 fully saturated rings. The Hall–Kier alpha value is -1.89. The van der Waals surface area contributed by atoms with E-state index in [2.05, 4.69) is 14.7 Å². The maximum absolute atomic E-state index is 11.9. The van der Waals surface area contributed by atoms with Gasteiger partial charge in [-0.05, 0) is 12.1 Å². The molecule has 0 N–H and O–H groups in total. The van der Waals surface area contributed by atoms with Gasteiger partial charge in [-0.3, -0.25) is 4.98 Å². The van der Waals surface area contributed by atoms with E-state index in [-0.39, 0.29) is 6.61 Å². The first-order valence-electron chi connectivity index (χ1n) is 5.62. The maximum Gasteiger partial charge on any atom is 0.411 e. The Morgan fingerprint density at radius 3 is 2.58 bits per heavy atom. The normalized spacial score (nSPS) is 11.7. The first-order valence-corrected chi connectivity index (χ1v) is 5.62. The van der Waals surface area contributed by atoms with Crippen molar-refractivity contribution < 1.29 is 17.9 Å². The molecule has 19 heavy (non-hydrogen) atoms. The van der Waals surface area contributed by atoms with Crippen LogP contribution in [0.1, 0.15) is 0 Å². The molecule has 2 rings (SSSR count). The van der Waals surface area contributed by atoms with Gasteiger partial charge in [0, 0.05) is 36.9 Å². The highest BCUT2D eigenvalue weighted by Crippen LogP contribution is 2.17. The summed E-state index contributed by atoms with van der Waals surface area (Å²) in [6.45, 7) is -0.937. The van der Waals surface area contributed by atoms with Crippen LogP contribution in [0.4, 0.5) is 13.2 Å². The lowest BCUT2D eigenvalue weighted by Gasteiger charge is -2.10. The highest BCUT2D eigenvalue weighted by atomic mass is 19.4. The quantitative estimate of drug-likeness (QED) is 0.784. The van der Waals surface area contributed by atoms with E-state index in [1.54, 1.807) is 41.5 Å². The van der Waals surface area contributed by atoms with Gasteiger partial charge in [0.05, 0.1) is 6.61 Å². The molecule has 0 aliphatic carbocycles. The lowest BCUT2D eigenvalue weighted by molar-refractivity contribution is -0.174. The second-order valence-corrected chi connectivity index (χ2v) is 3.85. The largest absolute Gasteiger partial charge is 0.411 e.